The van der Waals surface area contributed by atoms with Gasteiger partial charge in [0.2, 0.25) is 5.91 Å². The molecule has 1 aliphatic carbocycles. The SMILES string of the molecule is N#CC1CCCC1NC(=O)C1CC(O)CN1. The second-order valence-electron chi connectivity index (χ2n) is 4.63. The minimum atomic E-state index is -0.425. The fourth-order valence-electron chi connectivity index (χ4n) is 2.49. The Hall–Kier alpha value is -1.12. The third-order valence-corrected chi connectivity index (χ3v) is 3.43. The Labute approximate surface area is 94.8 Å². The summed E-state index contributed by atoms with van der Waals surface area (Å²) >= 11 is 0. The van der Waals surface area contributed by atoms with E-state index in [1.165, 1.54) is 0 Å². The van der Waals surface area contributed by atoms with Crippen molar-refractivity contribution in [2.45, 2.75) is 43.9 Å². The summed E-state index contributed by atoms with van der Waals surface area (Å²) < 4.78 is 0. The molecule has 0 aromatic heterocycles. The summed E-state index contributed by atoms with van der Waals surface area (Å²) in [4.78, 5) is 11.8. The highest BCUT2D eigenvalue weighted by Gasteiger charge is 2.33. The Bertz CT molecular complexity index is 313. The molecule has 1 saturated carbocycles. The molecule has 4 atom stereocenters. The molecule has 88 valence electrons. The summed E-state index contributed by atoms with van der Waals surface area (Å²) in [6.45, 7) is 0.477. The predicted octanol–water partition coefficient (Wildman–Crippen LogP) is -0.482. The molecular formula is C11H17N3O2. The van der Waals surface area contributed by atoms with Crippen LogP contribution in [0.25, 0.3) is 0 Å². The number of hydrogen-bond acceptors (Lipinski definition) is 4. The van der Waals surface area contributed by atoms with Gasteiger partial charge in [0.25, 0.3) is 0 Å². The van der Waals surface area contributed by atoms with E-state index >= 15 is 0 Å². The van der Waals surface area contributed by atoms with Gasteiger partial charge in [0.05, 0.1) is 24.1 Å². The molecule has 1 aliphatic heterocycles. The molecule has 0 radical (unpaired) electrons. The summed E-state index contributed by atoms with van der Waals surface area (Å²) in [7, 11) is 0. The van der Waals surface area contributed by atoms with Crippen molar-refractivity contribution in [2.75, 3.05) is 6.54 Å². The maximum atomic E-state index is 11.8. The van der Waals surface area contributed by atoms with Crippen LogP contribution in [0.15, 0.2) is 0 Å². The quantitative estimate of drug-likeness (QED) is 0.590. The first kappa shape index (κ1) is 11.4. The number of nitriles is 1. The molecule has 3 N–H and O–H groups in total. The third kappa shape index (κ3) is 2.34. The molecule has 2 aliphatic rings. The van der Waals surface area contributed by atoms with Crippen molar-refractivity contribution >= 4 is 5.91 Å². The summed E-state index contributed by atoms with van der Waals surface area (Å²) in [6, 6.07) is 1.94. The van der Waals surface area contributed by atoms with Crippen LogP contribution in [0.2, 0.25) is 0 Å². The number of carbonyl (C=O) groups is 1. The maximum Gasteiger partial charge on any atom is 0.237 e. The fraction of sp³-hybridized carbons (Fsp3) is 0.818. The van der Waals surface area contributed by atoms with Gasteiger partial charge in [0.15, 0.2) is 0 Å². The van der Waals surface area contributed by atoms with Gasteiger partial charge in [-0.25, -0.2) is 0 Å². The van der Waals surface area contributed by atoms with Crippen molar-refractivity contribution in [3.63, 3.8) is 0 Å². The van der Waals surface area contributed by atoms with Crippen molar-refractivity contribution < 1.29 is 9.90 Å². The maximum absolute atomic E-state index is 11.8. The summed E-state index contributed by atoms with van der Waals surface area (Å²) in [6.07, 6.45) is 2.81. The Morgan fingerprint density at radius 2 is 2.31 bits per heavy atom. The molecule has 2 fully saturated rings. The van der Waals surface area contributed by atoms with E-state index in [9.17, 15) is 9.90 Å². The van der Waals surface area contributed by atoms with E-state index in [1.54, 1.807) is 0 Å². The normalized spacial score (nSPS) is 38.2. The minimum Gasteiger partial charge on any atom is -0.392 e. The van der Waals surface area contributed by atoms with E-state index in [4.69, 9.17) is 5.26 Å². The van der Waals surface area contributed by atoms with Crippen LogP contribution in [0.1, 0.15) is 25.7 Å². The van der Waals surface area contributed by atoms with Crippen molar-refractivity contribution in [3.05, 3.63) is 0 Å². The lowest BCUT2D eigenvalue weighted by Crippen LogP contribution is -2.46. The summed E-state index contributed by atoms with van der Waals surface area (Å²) in [5.74, 6) is -0.126. The Balaban J connectivity index is 1.85. The molecule has 0 spiro atoms. The molecule has 5 nitrogen and oxygen atoms in total. The monoisotopic (exact) mass is 223 g/mol. The highest BCUT2D eigenvalue weighted by atomic mass is 16.3. The predicted molar refractivity (Wildman–Crippen MR) is 57.3 cm³/mol. The number of hydrogen-bond donors (Lipinski definition) is 3. The second-order valence-corrected chi connectivity index (χ2v) is 4.63. The van der Waals surface area contributed by atoms with Crippen LogP contribution in [-0.4, -0.2) is 35.7 Å². The fourth-order valence-corrected chi connectivity index (χ4v) is 2.49. The number of aliphatic hydroxyl groups is 1. The first-order valence-corrected chi connectivity index (χ1v) is 5.82. The van der Waals surface area contributed by atoms with E-state index in [0.717, 1.165) is 19.3 Å². The average molecular weight is 223 g/mol. The molecule has 1 saturated heterocycles. The van der Waals surface area contributed by atoms with E-state index in [0.29, 0.717) is 13.0 Å². The van der Waals surface area contributed by atoms with Crippen LogP contribution in [0, 0.1) is 17.2 Å². The zero-order valence-corrected chi connectivity index (χ0v) is 9.15. The highest BCUT2D eigenvalue weighted by Crippen LogP contribution is 2.25. The molecule has 16 heavy (non-hydrogen) atoms. The van der Waals surface area contributed by atoms with Gasteiger partial charge in [-0.2, -0.15) is 5.26 Å². The van der Waals surface area contributed by atoms with Crippen molar-refractivity contribution in [1.82, 2.24) is 10.6 Å². The summed E-state index contributed by atoms with van der Waals surface area (Å²) in [5.41, 5.74) is 0. The molecule has 0 bridgehead atoms. The average Bonchev–Trinajstić information content (AvgIpc) is 2.86. The molecular weight excluding hydrogens is 206 g/mol. The van der Waals surface area contributed by atoms with Crippen molar-refractivity contribution in [1.29, 1.82) is 5.26 Å². The van der Waals surface area contributed by atoms with Crippen LogP contribution >= 0.6 is 0 Å². The van der Waals surface area contributed by atoms with Gasteiger partial charge < -0.3 is 15.7 Å². The zero-order chi connectivity index (χ0) is 11.5. The minimum absolute atomic E-state index is 0.00274. The number of carbonyl (C=O) groups excluding carboxylic acids is 1. The van der Waals surface area contributed by atoms with E-state index in [2.05, 4.69) is 16.7 Å². The lowest BCUT2D eigenvalue weighted by molar-refractivity contribution is -0.123. The first-order valence-electron chi connectivity index (χ1n) is 5.82. The van der Waals surface area contributed by atoms with Gasteiger partial charge in [-0.1, -0.05) is 0 Å². The zero-order valence-electron chi connectivity index (χ0n) is 9.15. The number of aliphatic hydroxyl groups excluding tert-OH is 1. The molecule has 0 aromatic rings. The van der Waals surface area contributed by atoms with E-state index < -0.39 is 6.10 Å². The summed E-state index contributed by atoms with van der Waals surface area (Å²) in [5, 5.41) is 24.1. The molecule has 1 heterocycles. The molecule has 0 aromatic carbocycles. The van der Waals surface area contributed by atoms with E-state index in [-0.39, 0.29) is 23.9 Å². The number of β-amino-alcohol motifs (C(OH)–C–C–N with tert-alkyl or cyclic N) is 1. The molecule has 4 unspecified atom stereocenters. The van der Waals surface area contributed by atoms with Crippen LogP contribution in [0.5, 0.6) is 0 Å². The van der Waals surface area contributed by atoms with Crippen molar-refractivity contribution in [2.24, 2.45) is 5.92 Å². The van der Waals surface area contributed by atoms with Crippen LogP contribution in [0.3, 0.4) is 0 Å². The van der Waals surface area contributed by atoms with Gasteiger partial charge in [-0.3, -0.25) is 4.79 Å². The Morgan fingerprint density at radius 1 is 1.50 bits per heavy atom. The van der Waals surface area contributed by atoms with Gasteiger partial charge >= 0.3 is 0 Å². The van der Waals surface area contributed by atoms with Crippen molar-refractivity contribution in [3.8, 4) is 6.07 Å². The highest BCUT2D eigenvalue weighted by molar-refractivity contribution is 5.82. The van der Waals surface area contributed by atoms with Gasteiger partial charge in [-0.15, -0.1) is 0 Å². The standard InChI is InChI=1S/C11H17N3O2/c12-5-7-2-1-3-9(7)14-11(16)10-4-8(15)6-13-10/h7-10,13,15H,1-4,6H2,(H,14,16). The van der Waals surface area contributed by atoms with Gasteiger partial charge in [0, 0.05) is 12.6 Å². The Morgan fingerprint density at radius 3 is 2.94 bits per heavy atom. The van der Waals surface area contributed by atoms with Crippen LogP contribution in [0.4, 0.5) is 0 Å². The molecule has 1 amide bonds. The number of amides is 1. The number of nitrogens with zero attached hydrogens (tertiary/aromatic N) is 1. The number of nitrogens with one attached hydrogen (secondary N) is 2. The third-order valence-electron chi connectivity index (χ3n) is 3.43. The lowest BCUT2D eigenvalue weighted by atomic mass is 10.1. The topological polar surface area (TPSA) is 85.2 Å². The Kier molecular flexibility index (Phi) is 3.42. The van der Waals surface area contributed by atoms with Gasteiger partial charge in [-0.05, 0) is 25.7 Å². The first-order chi connectivity index (χ1) is 7.70. The smallest absolute Gasteiger partial charge is 0.237 e. The van der Waals surface area contributed by atoms with E-state index in [1.807, 2.05) is 0 Å². The molecule has 2 rings (SSSR count). The van der Waals surface area contributed by atoms with Crippen LogP contribution in [-0.2, 0) is 4.79 Å². The van der Waals surface area contributed by atoms with Gasteiger partial charge in [0.1, 0.15) is 0 Å². The lowest BCUT2D eigenvalue weighted by Gasteiger charge is -2.18. The second kappa shape index (κ2) is 4.81. The molecule has 5 heteroatoms. The number of rotatable bonds is 2. The van der Waals surface area contributed by atoms with Crippen LogP contribution < -0.4 is 10.6 Å². The largest absolute Gasteiger partial charge is 0.392 e.